The highest BCUT2D eigenvalue weighted by Gasteiger charge is 2.22. The fraction of sp³-hybridized carbons (Fsp3) is 0.538. The molecule has 1 aliphatic rings. The van der Waals surface area contributed by atoms with Crippen molar-refractivity contribution in [3.63, 3.8) is 0 Å². The summed E-state index contributed by atoms with van der Waals surface area (Å²) in [5.41, 5.74) is 0.261. The molecule has 0 spiro atoms. The van der Waals surface area contributed by atoms with E-state index in [2.05, 4.69) is 4.90 Å². The number of benzene rings is 1. The van der Waals surface area contributed by atoms with Crippen LogP contribution >= 0.6 is 0 Å². The summed E-state index contributed by atoms with van der Waals surface area (Å²) in [6.45, 7) is 6.14. The summed E-state index contributed by atoms with van der Waals surface area (Å²) in [4.78, 5) is 12.0. The molecule has 6 heteroatoms. The van der Waals surface area contributed by atoms with E-state index in [9.17, 15) is 14.5 Å². The quantitative estimate of drug-likeness (QED) is 0.623. The van der Waals surface area contributed by atoms with E-state index >= 15 is 0 Å². The van der Waals surface area contributed by atoms with Crippen molar-refractivity contribution in [1.82, 2.24) is 4.90 Å². The maximum Gasteiger partial charge on any atom is 0.304 e. The Morgan fingerprint density at radius 1 is 1.42 bits per heavy atom. The third kappa shape index (κ3) is 3.48. The second-order valence-corrected chi connectivity index (χ2v) is 4.99. The van der Waals surface area contributed by atoms with Gasteiger partial charge in [-0.05, 0) is 25.5 Å². The zero-order valence-corrected chi connectivity index (χ0v) is 11.0. The molecule has 1 aromatic carbocycles. The SMILES string of the molecule is C[C@@H]1CN(Cc2ccc([N+](=O)[O-])c(F)c2)C[C@H](C)O1. The van der Waals surface area contributed by atoms with E-state index < -0.39 is 16.4 Å². The van der Waals surface area contributed by atoms with Crippen LogP contribution in [0.5, 0.6) is 0 Å². The number of morpholine rings is 1. The van der Waals surface area contributed by atoms with Crippen LogP contribution in [0, 0.1) is 15.9 Å². The fourth-order valence-corrected chi connectivity index (χ4v) is 2.47. The minimum absolute atomic E-state index is 0.145. The Labute approximate surface area is 111 Å². The number of nitro benzene ring substituents is 1. The van der Waals surface area contributed by atoms with Crippen LogP contribution in [-0.4, -0.2) is 35.1 Å². The summed E-state index contributed by atoms with van der Waals surface area (Å²) in [6, 6.07) is 4.06. The van der Waals surface area contributed by atoms with Crippen LogP contribution in [0.25, 0.3) is 0 Å². The number of nitrogens with zero attached hydrogens (tertiary/aromatic N) is 2. The van der Waals surface area contributed by atoms with E-state index in [0.717, 1.165) is 18.7 Å². The highest BCUT2D eigenvalue weighted by atomic mass is 19.1. The molecule has 0 saturated carbocycles. The molecule has 2 rings (SSSR count). The van der Waals surface area contributed by atoms with E-state index in [0.29, 0.717) is 6.54 Å². The average molecular weight is 268 g/mol. The first-order chi connectivity index (χ1) is 8.95. The Morgan fingerprint density at radius 3 is 2.58 bits per heavy atom. The normalized spacial score (nSPS) is 24.4. The Bertz CT molecular complexity index is 471. The van der Waals surface area contributed by atoms with Crippen LogP contribution in [0.1, 0.15) is 19.4 Å². The van der Waals surface area contributed by atoms with Gasteiger partial charge in [-0.1, -0.05) is 6.07 Å². The minimum Gasteiger partial charge on any atom is -0.373 e. The molecule has 0 radical (unpaired) electrons. The number of ether oxygens (including phenoxy) is 1. The second-order valence-electron chi connectivity index (χ2n) is 4.99. The van der Waals surface area contributed by atoms with Crippen LogP contribution in [0.3, 0.4) is 0 Å². The maximum atomic E-state index is 13.5. The molecular formula is C13H17FN2O3. The topological polar surface area (TPSA) is 55.6 Å². The number of nitro groups is 1. The molecule has 19 heavy (non-hydrogen) atoms. The van der Waals surface area contributed by atoms with Gasteiger partial charge in [0.25, 0.3) is 0 Å². The third-order valence-corrected chi connectivity index (χ3v) is 3.11. The van der Waals surface area contributed by atoms with Crippen LogP contribution in [0.2, 0.25) is 0 Å². The fourth-order valence-electron chi connectivity index (χ4n) is 2.47. The summed E-state index contributed by atoms with van der Waals surface area (Å²) in [7, 11) is 0. The molecule has 0 aliphatic carbocycles. The number of hydrogen-bond donors (Lipinski definition) is 0. The third-order valence-electron chi connectivity index (χ3n) is 3.11. The highest BCUT2D eigenvalue weighted by Crippen LogP contribution is 2.20. The predicted molar refractivity (Wildman–Crippen MR) is 68.3 cm³/mol. The molecule has 2 atom stereocenters. The van der Waals surface area contributed by atoms with Gasteiger partial charge < -0.3 is 4.74 Å². The molecule has 0 N–H and O–H groups in total. The van der Waals surface area contributed by atoms with Crippen LogP contribution < -0.4 is 0 Å². The van der Waals surface area contributed by atoms with Crippen molar-refractivity contribution in [1.29, 1.82) is 0 Å². The molecule has 104 valence electrons. The standard InChI is InChI=1S/C13H17FN2O3/c1-9-6-15(7-10(2)19-9)8-11-3-4-13(16(17)18)12(14)5-11/h3-5,9-10H,6-8H2,1-2H3/t9-,10+. The molecule has 1 fully saturated rings. The van der Waals surface area contributed by atoms with Crippen molar-refractivity contribution in [2.24, 2.45) is 0 Å². The van der Waals surface area contributed by atoms with E-state index in [-0.39, 0.29) is 12.2 Å². The Hall–Kier alpha value is -1.53. The summed E-state index contributed by atoms with van der Waals surface area (Å²) in [5, 5.41) is 10.5. The van der Waals surface area contributed by atoms with Gasteiger partial charge in [-0.3, -0.25) is 15.0 Å². The van der Waals surface area contributed by atoms with Crippen molar-refractivity contribution in [2.45, 2.75) is 32.6 Å². The lowest BCUT2D eigenvalue weighted by molar-refractivity contribution is -0.387. The zero-order chi connectivity index (χ0) is 14.0. The molecule has 1 heterocycles. The van der Waals surface area contributed by atoms with Gasteiger partial charge in [0.15, 0.2) is 0 Å². The largest absolute Gasteiger partial charge is 0.373 e. The lowest BCUT2D eigenvalue weighted by atomic mass is 10.1. The second kappa shape index (κ2) is 5.63. The lowest BCUT2D eigenvalue weighted by Gasteiger charge is -2.35. The average Bonchev–Trinajstić information content (AvgIpc) is 2.26. The number of rotatable bonds is 3. The Morgan fingerprint density at radius 2 is 2.05 bits per heavy atom. The summed E-state index contributed by atoms with van der Waals surface area (Å²) < 4.78 is 19.1. The number of hydrogen-bond acceptors (Lipinski definition) is 4. The molecular weight excluding hydrogens is 251 g/mol. The molecule has 0 bridgehead atoms. The lowest BCUT2D eigenvalue weighted by Crippen LogP contribution is -2.44. The zero-order valence-electron chi connectivity index (χ0n) is 11.0. The summed E-state index contributed by atoms with van der Waals surface area (Å²) in [6.07, 6.45) is 0.290. The summed E-state index contributed by atoms with van der Waals surface area (Å²) in [5.74, 6) is -0.781. The minimum atomic E-state index is -0.781. The van der Waals surface area contributed by atoms with E-state index in [1.807, 2.05) is 13.8 Å². The molecule has 1 aromatic rings. The van der Waals surface area contributed by atoms with Crippen molar-refractivity contribution in [3.8, 4) is 0 Å². The van der Waals surface area contributed by atoms with Crippen LogP contribution in [0.15, 0.2) is 18.2 Å². The highest BCUT2D eigenvalue weighted by molar-refractivity contribution is 5.35. The monoisotopic (exact) mass is 268 g/mol. The Balaban J connectivity index is 2.07. The first-order valence-electron chi connectivity index (χ1n) is 6.26. The van der Waals surface area contributed by atoms with Crippen molar-refractivity contribution < 1.29 is 14.1 Å². The van der Waals surface area contributed by atoms with Crippen LogP contribution in [0.4, 0.5) is 10.1 Å². The van der Waals surface area contributed by atoms with E-state index in [1.54, 1.807) is 6.07 Å². The Kier molecular flexibility index (Phi) is 4.11. The van der Waals surface area contributed by atoms with Crippen LogP contribution in [-0.2, 0) is 11.3 Å². The molecule has 5 nitrogen and oxygen atoms in total. The number of halogens is 1. The first-order valence-corrected chi connectivity index (χ1v) is 6.26. The molecule has 1 aliphatic heterocycles. The van der Waals surface area contributed by atoms with Gasteiger partial charge in [-0.15, -0.1) is 0 Å². The molecule has 0 unspecified atom stereocenters. The van der Waals surface area contributed by atoms with Crippen molar-refractivity contribution in [3.05, 3.63) is 39.7 Å². The van der Waals surface area contributed by atoms with E-state index in [4.69, 9.17) is 4.74 Å². The molecule has 0 amide bonds. The van der Waals surface area contributed by atoms with Gasteiger partial charge >= 0.3 is 5.69 Å². The molecule has 1 saturated heterocycles. The van der Waals surface area contributed by atoms with Crippen molar-refractivity contribution >= 4 is 5.69 Å². The van der Waals surface area contributed by atoms with E-state index in [1.165, 1.54) is 12.1 Å². The van der Waals surface area contributed by atoms with Gasteiger partial charge in [0.1, 0.15) is 0 Å². The maximum absolute atomic E-state index is 13.5. The first kappa shape index (κ1) is 13.9. The van der Waals surface area contributed by atoms with Gasteiger partial charge in [0.05, 0.1) is 17.1 Å². The summed E-state index contributed by atoms with van der Waals surface area (Å²) >= 11 is 0. The van der Waals surface area contributed by atoms with Crippen molar-refractivity contribution in [2.75, 3.05) is 13.1 Å². The van der Waals surface area contributed by atoms with Gasteiger partial charge in [-0.25, -0.2) is 0 Å². The van der Waals surface area contributed by atoms with Gasteiger partial charge in [0.2, 0.25) is 5.82 Å². The molecule has 0 aromatic heterocycles. The smallest absolute Gasteiger partial charge is 0.304 e. The van der Waals surface area contributed by atoms with Gasteiger partial charge in [0, 0.05) is 25.7 Å². The van der Waals surface area contributed by atoms with Gasteiger partial charge in [-0.2, -0.15) is 4.39 Å². The predicted octanol–water partition coefficient (Wildman–Crippen LogP) is 2.34.